The molecule has 0 amide bonds. The molecule has 7 heteroatoms. The fourth-order valence-electron chi connectivity index (χ4n) is 1.51. The van der Waals surface area contributed by atoms with E-state index in [2.05, 4.69) is 15.9 Å². The van der Waals surface area contributed by atoms with Gasteiger partial charge in [-0.1, -0.05) is 15.9 Å². The molecule has 0 atom stereocenters. The number of hydrogen-bond acceptors (Lipinski definition) is 4. The fraction of sp³-hybridized carbons (Fsp3) is 0.273. The van der Waals surface area contributed by atoms with Gasteiger partial charge < -0.3 is 9.15 Å². The Morgan fingerprint density at radius 3 is 2.56 bits per heavy atom. The van der Waals surface area contributed by atoms with Crippen LogP contribution in [0.2, 0.25) is 0 Å². The van der Waals surface area contributed by atoms with Crippen LogP contribution in [0.1, 0.15) is 0 Å². The highest BCUT2D eigenvalue weighted by Gasteiger charge is 2.24. The van der Waals surface area contributed by atoms with Gasteiger partial charge in [-0.2, -0.15) is 0 Å². The Kier molecular flexibility index (Phi) is 3.39. The average Bonchev–Trinajstić information content (AvgIpc) is 2.75. The molecule has 0 fully saturated rings. The quantitative estimate of drug-likeness (QED) is 0.865. The Bertz CT molecular complexity index is 690. The monoisotopic (exact) mass is 333 g/mol. The van der Waals surface area contributed by atoms with Crippen molar-refractivity contribution in [3.05, 3.63) is 22.7 Å². The standard InChI is InChI=1S/C11H12BrNO4S/c1-13(2)18(14,15)10-6-7-8(12)4-5-9(16-3)11(7)17-10/h4-6H,1-3H3. The number of sulfonamides is 1. The summed E-state index contributed by atoms with van der Waals surface area (Å²) in [5.74, 6) is 0.494. The molecular formula is C11H12BrNO4S. The topological polar surface area (TPSA) is 59.8 Å². The molecule has 0 saturated heterocycles. The summed E-state index contributed by atoms with van der Waals surface area (Å²) in [7, 11) is 0.821. The summed E-state index contributed by atoms with van der Waals surface area (Å²) in [6.45, 7) is 0. The maximum atomic E-state index is 12.0. The number of hydrogen-bond donors (Lipinski definition) is 0. The van der Waals surface area contributed by atoms with Crippen LogP contribution in [-0.2, 0) is 10.0 Å². The van der Waals surface area contributed by atoms with Gasteiger partial charge in [0.25, 0.3) is 10.0 Å². The zero-order valence-corrected chi connectivity index (χ0v) is 12.5. The maximum absolute atomic E-state index is 12.0. The lowest BCUT2D eigenvalue weighted by atomic mass is 10.2. The first kappa shape index (κ1) is 13.4. The third-order valence-corrected chi connectivity index (χ3v) is 4.89. The third-order valence-electron chi connectivity index (χ3n) is 2.53. The van der Waals surface area contributed by atoms with E-state index in [1.807, 2.05) is 0 Å². The first-order valence-corrected chi connectivity index (χ1v) is 7.30. The summed E-state index contributed by atoms with van der Waals surface area (Å²) in [5, 5.41) is 0.558. The predicted octanol–water partition coefficient (Wildman–Crippen LogP) is 2.45. The number of rotatable bonds is 3. The summed E-state index contributed by atoms with van der Waals surface area (Å²) in [5.41, 5.74) is 0.410. The summed E-state index contributed by atoms with van der Waals surface area (Å²) >= 11 is 3.35. The lowest BCUT2D eigenvalue weighted by Crippen LogP contribution is -2.21. The second-order valence-electron chi connectivity index (χ2n) is 3.85. The van der Waals surface area contributed by atoms with E-state index in [4.69, 9.17) is 9.15 Å². The first-order valence-electron chi connectivity index (χ1n) is 5.06. The van der Waals surface area contributed by atoms with E-state index in [1.54, 1.807) is 12.1 Å². The molecule has 0 N–H and O–H groups in total. The maximum Gasteiger partial charge on any atom is 0.275 e. The molecule has 1 heterocycles. The van der Waals surface area contributed by atoms with Crippen LogP contribution in [0, 0.1) is 0 Å². The summed E-state index contributed by atoms with van der Waals surface area (Å²) in [6.07, 6.45) is 0. The van der Waals surface area contributed by atoms with Crippen LogP contribution in [0.25, 0.3) is 11.0 Å². The van der Waals surface area contributed by atoms with Crippen LogP contribution in [0.3, 0.4) is 0 Å². The van der Waals surface area contributed by atoms with E-state index in [1.165, 1.54) is 27.3 Å². The van der Waals surface area contributed by atoms with Gasteiger partial charge in [0.05, 0.1) is 7.11 Å². The fourth-order valence-corrected chi connectivity index (χ4v) is 2.75. The van der Waals surface area contributed by atoms with Crippen molar-refractivity contribution in [1.82, 2.24) is 4.31 Å². The largest absolute Gasteiger partial charge is 0.493 e. The van der Waals surface area contributed by atoms with E-state index < -0.39 is 10.0 Å². The van der Waals surface area contributed by atoms with Crippen molar-refractivity contribution in [3.63, 3.8) is 0 Å². The van der Waals surface area contributed by atoms with Crippen LogP contribution in [0.4, 0.5) is 0 Å². The number of furan rings is 1. The number of fused-ring (bicyclic) bond motifs is 1. The molecule has 0 saturated carbocycles. The predicted molar refractivity (Wildman–Crippen MR) is 71.3 cm³/mol. The Morgan fingerprint density at radius 2 is 2.00 bits per heavy atom. The number of nitrogens with zero attached hydrogens (tertiary/aromatic N) is 1. The molecule has 1 aromatic carbocycles. The van der Waals surface area contributed by atoms with Crippen LogP contribution in [-0.4, -0.2) is 33.9 Å². The highest BCUT2D eigenvalue weighted by atomic mass is 79.9. The van der Waals surface area contributed by atoms with Crippen molar-refractivity contribution >= 4 is 36.9 Å². The van der Waals surface area contributed by atoms with Crippen molar-refractivity contribution in [2.24, 2.45) is 0 Å². The molecule has 0 aliphatic heterocycles. The molecule has 2 rings (SSSR count). The van der Waals surface area contributed by atoms with Gasteiger partial charge in [-0.15, -0.1) is 0 Å². The molecule has 0 aliphatic rings. The van der Waals surface area contributed by atoms with E-state index in [0.717, 1.165) is 8.78 Å². The molecular weight excluding hydrogens is 322 g/mol. The number of halogens is 1. The molecule has 2 aromatic rings. The highest BCUT2D eigenvalue weighted by Crippen LogP contribution is 2.35. The van der Waals surface area contributed by atoms with Gasteiger partial charge in [-0.3, -0.25) is 0 Å². The summed E-state index contributed by atoms with van der Waals surface area (Å²) in [4.78, 5) is 0. The Labute approximate surface area is 114 Å². The van der Waals surface area contributed by atoms with Crippen LogP contribution < -0.4 is 4.74 Å². The molecule has 5 nitrogen and oxygen atoms in total. The van der Waals surface area contributed by atoms with Crippen molar-refractivity contribution in [3.8, 4) is 5.75 Å². The second-order valence-corrected chi connectivity index (χ2v) is 6.78. The normalized spacial score (nSPS) is 12.3. The van der Waals surface area contributed by atoms with Gasteiger partial charge in [0.2, 0.25) is 5.09 Å². The minimum absolute atomic E-state index is 0.104. The average molecular weight is 334 g/mol. The molecule has 0 bridgehead atoms. The molecule has 0 spiro atoms. The minimum Gasteiger partial charge on any atom is -0.493 e. The molecule has 0 unspecified atom stereocenters. The molecule has 98 valence electrons. The molecule has 18 heavy (non-hydrogen) atoms. The van der Waals surface area contributed by atoms with Crippen LogP contribution in [0.5, 0.6) is 5.75 Å². The highest BCUT2D eigenvalue weighted by molar-refractivity contribution is 9.10. The number of benzene rings is 1. The van der Waals surface area contributed by atoms with Crippen molar-refractivity contribution in [2.45, 2.75) is 5.09 Å². The van der Waals surface area contributed by atoms with E-state index in [-0.39, 0.29) is 5.09 Å². The first-order chi connectivity index (χ1) is 8.37. The van der Waals surface area contributed by atoms with Gasteiger partial charge in [0.1, 0.15) is 0 Å². The lowest BCUT2D eigenvalue weighted by Gasteiger charge is -2.07. The van der Waals surface area contributed by atoms with Gasteiger partial charge in [0.15, 0.2) is 11.3 Å². The SMILES string of the molecule is COc1ccc(Br)c2cc(S(=O)(=O)N(C)C)oc12. The number of ether oxygens (including phenoxy) is 1. The summed E-state index contributed by atoms with van der Waals surface area (Å²) < 4.78 is 36.4. The summed E-state index contributed by atoms with van der Waals surface area (Å²) in [6, 6.07) is 4.97. The van der Waals surface area contributed by atoms with E-state index in [0.29, 0.717) is 16.7 Å². The van der Waals surface area contributed by atoms with Crippen LogP contribution in [0.15, 0.2) is 32.2 Å². The van der Waals surface area contributed by atoms with E-state index >= 15 is 0 Å². The molecule has 0 aliphatic carbocycles. The lowest BCUT2D eigenvalue weighted by molar-refractivity contribution is 0.397. The molecule has 0 radical (unpaired) electrons. The Morgan fingerprint density at radius 1 is 1.33 bits per heavy atom. The number of methoxy groups -OCH3 is 1. The zero-order chi connectivity index (χ0) is 13.5. The third kappa shape index (κ3) is 2.02. The smallest absolute Gasteiger partial charge is 0.275 e. The second kappa shape index (κ2) is 4.56. The van der Waals surface area contributed by atoms with Crippen molar-refractivity contribution in [1.29, 1.82) is 0 Å². The van der Waals surface area contributed by atoms with Gasteiger partial charge >= 0.3 is 0 Å². The van der Waals surface area contributed by atoms with Crippen molar-refractivity contribution in [2.75, 3.05) is 21.2 Å². The van der Waals surface area contributed by atoms with Gasteiger partial charge in [0, 0.05) is 30.0 Å². The van der Waals surface area contributed by atoms with Gasteiger partial charge in [-0.05, 0) is 12.1 Å². The minimum atomic E-state index is -3.59. The van der Waals surface area contributed by atoms with E-state index in [9.17, 15) is 8.42 Å². The van der Waals surface area contributed by atoms with Crippen molar-refractivity contribution < 1.29 is 17.6 Å². The van der Waals surface area contributed by atoms with Gasteiger partial charge in [-0.25, -0.2) is 12.7 Å². The molecule has 1 aromatic heterocycles. The van der Waals surface area contributed by atoms with Crippen LogP contribution >= 0.6 is 15.9 Å². The zero-order valence-electron chi connectivity index (χ0n) is 10.1. The Balaban J connectivity index is 2.75. The Hall–Kier alpha value is -1.05.